The molecule has 15 nitrogen and oxygen atoms in total. The number of rotatable bonds is 20. The number of nitro groups is 1. The number of benzene rings is 1. The first-order chi connectivity index (χ1) is 23.6. The monoisotopic (exact) mass is 719 g/mol. The molecule has 17 heteroatoms. The molecule has 3 saturated carbocycles. The molecule has 1 aromatic carbocycles. The summed E-state index contributed by atoms with van der Waals surface area (Å²) in [5.74, 6) is 0.217. The van der Waals surface area contributed by atoms with E-state index in [1.165, 1.54) is 12.1 Å². The van der Waals surface area contributed by atoms with E-state index in [2.05, 4.69) is 60.7 Å². The first-order valence-corrected chi connectivity index (χ1v) is 19.5. The molecule has 5 fully saturated rings. The van der Waals surface area contributed by atoms with Crippen LogP contribution in [0.25, 0.3) is 0 Å². The number of sulfonamides is 1. The molecule has 3 aliphatic carbocycles. The zero-order chi connectivity index (χ0) is 36.3. The Hall–Kier alpha value is -2.83. The molecule has 2 saturated heterocycles. The van der Waals surface area contributed by atoms with Crippen molar-refractivity contribution in [1.29, 1.82) is 0 Å². The van der Waals surface area contributed by atoms with Gasteiger partial charge in [0.15, 0.2) is 5.03 Å². The largest absolute Gasteiger partial charge is 0.481 e. The van der Waals surface area contributed by atoms with Crippen LogP contribution in [-0.2, 0) is 28.9 Å². The van der Waals surface area contributed by atoms with E-state index in [0.29, 0.717) is 56.9 Å². The van der Waals surface area contributed by atoms with E-state index in [9.17, 15) is 28.1 Å². The summed E-state index contributed by atoms with van der Waals surface area (Å²) in [5.41, 5.74) is 2.35. The van der Waals surface area contributed by atoms with Crippen LogP contribution < -0.4 is 26.1 Å². The Kier molecular flexibility index (Phi) is 12.2. The number of hydrogen-bond donors (Lipinski definition) is 5. The smallest absolute Gasteiger partial charge is 0.404 e. The highest BCUT2D eigenvalue weighted by Crippen LogP contribution is 2.65. The third-order valence-corrected chi connectivity index (χ3v) is 12.5. The summed E-state index contributed by atoms with van der Waals surface area (Å²) in [5, 5.41) is 20.3. The van der Waals surface area contributed by atoms with Gasteiger partial charge in [0, 0.05) is 13.0 Å². The lowest BCUT2D eigenvalue weighted by atomic mass is 9.43. The van der Waals surface area contributed by atoms with Crippen molar-refractivity contribution in [2.45, 2.75) is 127 Å². The molecule has 6 rings (SSSR count). The Morgan fingerprint density at radius 3 is 2.48 bits per heavy atom. The standard InChI is InChI=1S/C33H54BN7O8S/c1-22(2)19-28(34-48-27-21-23-20-26(32(23,3)4)33(27,5)49-34)38-30(43)25(15-12-17-35-31-39-40(31)41(44)45)37-29(42)16-10-7-11-18-36-50(46,47)24-13-8-6-9-14-24/h6,8-9,13-14,22-23,25-28,31,35-36,39H,7,10-12,15-21H2,1-5H3,(H,37,42)(H,38,43)/t23-,25-,26-,27+,28-,31?,33-,40?/m0/s1. The maximum atomic E-state index is 13.9. The molecule has 50 heavy (non-hydrogen) atoms. The summed E-state index contributed by atoms with van der Waals surface area (Å²) in [7, 11) is -4.18. The van der Waals surface area contributed by atoms with Crippen molar-refractivity contribution in [2.24, 2.45) is 23.2 Å². The minimum atomic E-state index is -3.59. The van der Waals surface area contributed by atoms with Gasteiger partial charge in [0.2, 0.25) is 28.1 Å². The lowest BCUT2D eigenvalue weighted by molar-refractivity contribution is -0.627. The van der Waals surface area contributed by atoms with Gasteiger partial charge in [-0.05, 0) is 98.8 Å². The molecule has 1 aromatic rings. The molecule has 0 radical (unpaired) electrons. The quantitative estimate of drug-likeness (QED) is 0.0436. The third-order valence-electron chi connectivity index (χ3n) is 11.0. The molecule has 5 aliphatic rings. The summed E-state index contributed by atoms with van der Waals surface area (Å²) < 4.78 is 40.7. The van der Waals surface area contributed by atoms with Gasteiger partial charge in [-0.2, -0.15) is 0 Å². The molecular weight excluding hydrogens is 665 g/mol. The summed E-state index contributed by atoms with van der Waals surface area (Å²) >= 11 is 0. The second-order valence-electron chi connectivity index (χ2n) is 15.4. The number of nitrogens with zero attached hydrogens (tertiary/aromatic N) is 2. The van der Waals surface area contributed by atoms with Crippen LogP contribution in [0, 0.1) is 33.3 Å². The second kappa shape index (κ2) is 15.8. The Balaban J connectivity index is 1.14. The summed E-state index contributed by atoms with van der Waals surface area (Å²) in [6.45, 7) is 11.6. The van der Waals surface area contributed by atoms with E-state index in [1.807, 2.05) is 0 Å². The Labute approximate surface area is 296 Å². The number of unbranched alkanes of at least 4 members (excludes halogenated alkanes) is 2. The molecule has 7 atom stereocenters. The van der Waals surface area contributed by atoms with Crippen LogP contribution in [0.15, 0.2) is 35.2 Å². The SMILES string of the molecule is CC(C)C[C@H](NC(=O)[C@H](CCCNC1NN1[N+](=O)[O-])NC(=O)CCCCCNS(=O)(=O)c1ccccc1)B1O[C@@H]2C[C@@H]3C[C@@H](C3(C)C)[C@]2(C)O1. The minimum absolute atomic E-state index is 0.0270. The number of hydrazine groups is 2. The average Bonchev–Trinajstić information content (AvgIpc) is 3.75. The molecule has 2 aliphatic heterocycles. The topological polar surface area (TPSA) is 203 Å². The predicted molar refractivity (Wildman–Crippen MR) is 187 cm³/mol. The van der Waals surface area contributed by atoms with Gasteiger partial charge in [-0.3, -0.25) is 14.9 Å². The van der Waals surface area contributed by atoms with Crippen LogP contribution in [0.4, 0.5) is 0 Å². The fourth-order valence-electron chi connectivity index (χ4n) is 8.02. The summed E-state index contributed by atoms with van der Waals surface area (Å²) in [6.07, 6.45) is 4.78. The lowest BCUT2D eigenvalue weighted by Gasteiger charge is -2.64. The zero-order valence-corrected chi connectivity index (χ0v) is 30.7. The molecule has 0 spiro atoms. The van der Waals surface area contributed by atoms with Crippen LogP contribution in [0.2, 0.25) is 0 Å². The van der Waals surface area contributed by atoms with Crippen LogP contribution in [0.3, 0.4) is 0 Å². The normalized spacial score (nSPS) is 27.6. The fraction of sp³-hybridized carbons (Fsp3) is 0.758. The Morgan fingerprint density at radius 1 is 1.08 bits per heavy atom. The van der Waals surface area contributed by atoms with Gasteiger partial charge in [-0.25, -0.2) is 23.3 Å². The van der Waals surface area contributed by atoms with Crippen molar-refractivity contribution in [3.05, 3.63) is 40.4 Å². The molecule has 0 aromatic heterocycles. The summed E-state index contributed by atoms with van der Waals surface area (Å²) in [4.78, 5) is 38.0. The van der Waals surface area contributed by atoms with E-state index < -0.39 is 46.0 Å². The highest BCUT2D eigenvalue weighted by atomic mass is 32.2. The maximum absolute atomic E-state index is 13.9. The van der Waals surface area contributed by atoms with Crippen molar-refractivity contribution < 1.29 is 32.3 Å². The van der Waals surface area contributed by atoms with E-state index in [-0.39, 0.29) is 47.1 Å². The minimum Gasteiger partial charge on any atom is -0.404 e. The van der Waals surface area contributed by atoms with Crippen molar-refractivity contribution in [3.63, 3.8) is 0 Å². The highest BCUT2D eigenvalue weighted by molar-refractivity contribution is 7.89. The highest BCUT2D eigenvalue weighted by Gasteiger charge is 2.68. The molecule has 1 unspecified atom stereocenters. The van der Waals surface area contributed by atoms with Crippen molar-refractivity contribution >= 4 is 29.0 Å². The first kappa shape index (κ1) is 38.4. The molecule has 5 N–H and O–H groups in total. The predicted octanol–water partition coefficient (Wildman–Crippen LogP) is 2.47. The molecular formula is C33H54BN7O8S. The molecule has 278 valence electrons. The Bertz CT molecular complexity index is 1470. The van der Waals surface area contributed by atoms with Gasteiger partial charge in [0.1, 0.15) is 6.04 Å². The lowest BCUT2D eigenvalue weighted by Crippen LogP contribution is -2.65. The number of amides is 2. The second-order valence-corrected chi connectivity index (χ2v) is 17.2. The maximum Gasteiger partial charge on any atom is 0.481 e. The third kappa shape index (κ3) is 8.96. The average molecular weight is 720 g/mol. The number of hydrogen-bond acceptors (Lipinski definition) is 10. The van der Waals surface area contributed by atoms with Crippen LogP contribution in [-0.4, -0.2) is 80.6 Å². The number of nitrogens with one attached hydrogen (secondary N) is 5. The van der Waals surface area contributed by atoms with E-state index in [4.69, 9.17) is 9.31 Å². The van der Waals surface area contributed by atoms with Crippen molar-refractivity contribution in [1.82, 2.24) is 31.2 Å². The van der Waals surface area contributed by atoms with E-state index in [0.717, 1.165) is 18.0 Å². The molecule has 2 bridgehead atoms. The summed E-state index contributed by atoms with van der Waals surface area (Å²) in [6, 6.07) is 7.33. The van der Waals surface area contributed by atoms with Crippen LogP contribution >= 0.6 is 0 Å². The van der Waals surface area contributed by atoms with Gasteiger partial charge in [0.05, 0.1) is 22.5 Å². The fourth-order valence-corrected chi connectivity index (χ4v) is 9.12. The van der Waals surface area contributed by atoms with E-state index >= 15 is 0 Å². The van der Waals surface area contributed by atoms with Crippen molar-refractivity contribution in [2.75, 3.05) is 13.1 Å². The van der Waals surface area contributed by atoms with Gasteiger partial charge in [-0.1, -0.05) is 52.3 Å². The number of carbonyl (C=O) groups is 2. The first-order valence-electron chi connectivity index (χ1n) is 18.0. The van der Waals surface area contributed by atoms with E-state index in [1.54, 1.807) is 18.2 Å². The number of carbonyl (C=O) groups excluding carboxylic acids is 2. The van der Waals surface area contributed by atoms with Crippen LogP contribution in [0.5, 0.6) is 0 Å². The van der Waals surface area contributed by atoms with Gasteiger partial charge in [0.25, 0.3) is 0 Å². The molecule has 2 amide bonds. The van der Waals surface area contributed by atoms with Gasteiger partial charge < -0.3 is 19.9 Å². The zero-order valence-electron chi connectivity index (χ0n) is 29.9. The molecule has 2 heterocycles. The van der Waals surface area contributed by atoms with Crippen molar-refractivity contribution in [3.8, 4) is 0 Å². The van der Waals surface area contributed by atoms with Gasteiger partial charge in [-0.15, -0.1) is 5.43 Å². The Morgan fingerprint density at radius 2 is 1.82 bits per heavy atom. The van der Waals surface area contributed by atoms with Gasteiger partial charge >= 0.3 is 7.12 Å². The van der Waals surface area contributed by atoms with Crippen LogP contribution in [0.1, 0.15) is 92.4 Å².